The molecular weight excluding hydrogens is 552 g/mol. The second-order valence-electron chi connectivity index (χ2n) is 8.90. The smallest absolute Gasteiger partial charge is 0.316 e. The number of carbonyl (C=O) groups is 5. The maximum atomic E-state index is 13.3. The number of tetrazole rings is 1. The van der Waals surface area contributed by atoms with Crippen molar-refractivity contribution in [3.05, 3.63) is 24.3 Å². The first-order valence-corrected chi connectivity index (χ1v) is 13.6. The Morgan fingerprint density at radius 1 is 1.28 bits per heavy atom. The number of rotatable bonds is 11. The highest BCUT2D eigenvalue weighted by Gasteiger charge is 2.59. The number of aryl methyl sites for hydroxylation is 1. The quantitative estimate of drug-likeness (QED) is 0.151. The second-order valence-corrected chi connectivity index (χ2v) is 10.9. The standard InChI is InChI=1S/C21H26N10O6S2/c22-7-14(33)31(12-3-1-2-11(6-12)25-19(24)37)15-16(34)29-8-21(18(35)36,9-38-17(15)29)10-39-20-26-27-28-30(20)5-4-13(23)32/h1-3,6,15,17H,4-5,7-10,22H2,(H2,23,32)(H,35,36)(H3,24,25,37)/t15?,17-,21?/m1/s1. The second kappa shape index (κ2) is 11.5. The molecule has 2 unspecified atom stereocenters. The summed E-state index contributed by atoms with van der Waals surface area (Å²) in [6.45, 7) is -0.303. The number of carboxylic acids is 1. The molecule has 1 aromatic carbocycles. The number of fused-ring (bicyclic) bond motifs is 1. The van der Waals surface area contributed by atoms with Crippen LogP contribution in [0.1, 0.15) is 6.42 Å². The third kappa shape index (κ3) is 5.76. The molecule has 208 valence electrons. The molecule has 1 aromatic heterocycles. The molecular formula is C21H26N10O6S2. The predicted molar refractivity (Wildman–Crippen MR) is 140 cm³/mol. The number of β-lactam (4-membered cyclic amide) rings is 1. The molecule has 2 aliphatic heterocycles. The van der Waals surface area contributed by atoms with Gasteiger partial charge in [0.25, 0.3) is 0 Å². The van der Waals surface area contributed by atoms with Gasteiger partial charge in [0.05, 0.1) is 13.1 Å². The van der Waals surface area contributed by atoms with Crippen LogP contribution in [0.15, 0.2) is 29.4 Å². The molecule has 0 aliphatic carbocycles. The number of carboxylic acid groups (broad SMARTS) is 1. The molecule has 18 heteroatoms. The van der Waals surface area contributed by atoms with E-state index < -0.39 is 46.6 Å². The minimum absolute atomic E-state index is 0.0173. The van der Waals surface area contributed by atoms with Crippen molar-refractivity contribution >= 4 is 64.6 Å². The number of nitrogens with one attached hydrogen (secondary N) is 1. The molecule has 0 saturated carbocycles. The summed E-state index contributed by atoms with van der Waals surface area (Å²) in [5, 5.41) is 23.7. The molecule has 3 atom stereocenters. The van der Waals surface area contributed by atoms with Crippen molar-refractivity contribution in [3.8, 4) is 0 Å². The fourth-order valence-electron chi connectivity index (χ4n) is 4.28. The largest absolute Gasteiger partial charge is 0.481 e. The Balaban J connectivity index is 1.51. The molecule has 0 radical (unpaired) electrons. The number of carbonyl (C=O) groups excluding carboxylic acids is 4. The van der Waals surface area contributed by atoms with Crippen LogP contribution in [0.3, 0.4) is 0 Å². The summed E-state index contributed by atoms with van der Waals surface area (Å²) in [5.41, 5.74) is 15.4. The lowest BCUT2D eigenvalue weighted by molar-refractivity contribution is -0.156. The molecule has 2 aromatic rings. The fraction of sp³-hybridized carbons (Fsp3) is 0.429. The summed E-state index contributed by atoms with van der Waals surface area (Å²) in [4.78, 5) is 63.7. The monoisotopic (exact) mass is 578 g/mol. The summed E-state index contributed by atoms with van der Waals surface area (Å²) in [6.07, 6.45) is 0.0173. The average Bonchev–Trinajstić information content (AvgIpc) is 3.35. The van der Waals surface area contributed by atoms with E-state index in [1.165, 1.54) is 32.3 Å². The van der Waals surface area contributed by atoms with Gasteiger partial charge in [0.1, 0.15) is 16.8 Å². The number of amides is 5. The van der Waals surface area contributed by atoms with Crippen LogP contribution in [0.5, 0.6) is 0 Å². The number of hydrogen-bond acceptors (Lipinski definition) is 11. The highest BCUT2D eigenvalue weighted by Crippen LogP contribution is 2.46. The van der Waals surface area contributed by atoms with Gasteiger partial charge in [0, 0.05) is 35.8 Å². The zero-order valence-electron chi connectivity index (χ0n) is 20.4. The Hall–Kier alpha value is -3.90. The molecule has 16 nitrogen and oxygen atoms in total. The van der Waals surface area contributed by atoms with Crippen LogP contribution in [0.4, 0.5) is 16.2 Å². The number of aromatic nitrogens is 4. The predicted octanol–water partition coefficient (Wildman–Crippen LogP) is -1.52. The summed E-state index contributed by atoms with van der Waals surface area (Å²) < 4.78 is 1.37. The van der Waals surface area contributed by atoms with Crippen LogP contribution >= 0.6 is 23.5 Å². The summed E-state index contributed by atoms with van der Waals surface area (Å²) in [7, 11) is 0. The molecule has 2 aliphatic rings. The molecule has 3 heterocycles. The van der Waals surface area contributed by atoms with E-state index in [9.17, 15) is 29.1 Å². The van der Waals surface area contributed by atoms with E-state index in [0.29, 0.717) is 16.5 Å². The van der Waals surface area contributed by atoms with Crippen molar-refractivity contribution in [2.45, 2.75) is 29.5 Å². The number of thioether (sulfide) groups is 2. The van der Waals surface area contributed by atoms with E-state index in [-0.39, 0.29) is 37.6 Å². The number of nitrogens with zero attached hydrogens (tertiary/aromatic N) is 6. The Morgan fingerprint density at radius 2 is 2.05 bits per heavy atom. The molecule has 39 heavy (non-hydrogen) atoms. The zero-order valence-corrected chi connectivity index (χ0v) is 22.1. The van der Waals surface area contributed by atoms with Crippen molar-refractivity contribution < 1.29 is 29.1 Å². The van der Waals surface area contributed by atoms with E-state index in [2.05, 4.69) is 20.8 Å². The number of anilines is 2. The molecule has 8 N–H and O–H groups in total. The highest BCUT2D eigenvalue weighted by molar-refractivity contribution is 8.00. The Bertz CT molecular complexity index is 1310. The van der Waals surface area contributed by atoms with E-state index in [1.807, 2.05) is 0 Å². The summed E-state index contributed by atoms with van der Waals surface area (Å²) in [5.74, 6) is -2.35. The van der Waals surface area contributed by atoms with E-state index in [1.54, 1.807) is 18.2 Å². The number of hydrogen-bond donors (Lipinski definition) is 5. The maximum Gasteiger partial charge on any atom is 0.316 e. The lowest BCUT2D eigenvalue weighted by Gasteiger charge is -2.56. The number of urea groups is 1. The minimum atomic E-state index is -1.32. The van der Waals surface area contributed by atoms with Crippen LogP contribution < -0.4 is 27.4 Å². The van der Waals surface area contributed by atoms with Gasteiger partial charge in [0.15, 0.2) is 0 Å². The maximum absolute atomic E-state index is 13.3. The van der Waals surface area contributed by atoms with Gasteiger partial charge in [-0.05, 0) is 28.6 Å². The molecule has 0 bridgehead atoms. The lowest BCUT2D eigenvalue weighted by Crippen LogP contribution is -2.75. The molecule has 0 spiro atoms. The number of aliphatic carboxylic acids is 1. The van der Waals surface area contributed by atoms with Gasteiger partial charge in [-0.25, -0.2) is 9.48 Å². The fourth-order valence-corrected chi connectivity index (χ4v) is 7.09. The third-order valence-electron chi connectivity index (χ3n) is 6.23. The molecule has 2 fully saturated rings. The Labute approximate surface area is 230 Å². The van der Waals surface area contributed by atoms with Gasteiger partial charge in [0.2, 0.25) is 22.9 Å². The topological polar surface area (TPSA) is 246 Å². The average molecular weight is 579 g/mol. The Kier molecular flexibility index (Phi) is 8.26. The van der Waals surface area contributed by atoms with Crippen molar-refractivity contribution in [1.29, 1.82) is 0 Å². The first kappa shape index (κ1) is 28.1. The van der Waals surface area contributed by atoms with Gasteiger partial charge in [-0.1, -0.05) is 17.8 Å². The molecule has 5 amide bonds. The van der Waals surface area contributed by atoms with Gasteiger partial charge < -0.3 is 32.5 Å². The van der Waals surface area contributed by atoms with E-state index in [4.69, 9.17) is 17.2 Å². The minimum Gasteiger partial charge on any atom is -0.481 e. The van der Waals surface area contributed by atoms with Crippen LogP contribution in [0, 0.1) is 5.41 Å². The van der Waals surface area contributed by atoms with Gasteiger partial charge in [-0.2, -0.15) is 0 Å². The lowest BCUT2D eigenvalue weighted by atomic mass is 9.89. The molecule has 4 rings (SSSR count). The SMILES string of the molecule is NCC(=O)N(c1cccc(NC(N)=O)c1)C1C(=O)N2CC(CSc3nnnn3CCC(N)=O)(C(=O)O)CS[C@H]12. The third-order valence-corrected chi connectivity index (χ3v) is 9.05. The Morgan fingerprint density at radius 3 is 2.72 bits per heavy atom. The number of benzene rings is 1. The van der Waals surface area contributed by atoms with Crippen LogP contribution in [0.25, 0.3) is 0 Å². The van der Waals surface area contributed by atoms with Crippen LogP contribution in [0.2, 0.25) is 0 Å². The van der Waals surface area contributed by atoms with Gasteiger partial charge in [-0.15, -0.1) is 16.9 Å². The number of primary amides is 2. The van der Waals surface area contributed by atoms with Gasteiger partial charge >= 0.3 is 12.0 Å². The van der Waals surface area contributed by atoms with Gasteiger partial charge in [-0.3, -0.25) is 24.1 Å². The van der Waals surface area contributed by atoms with Crippen molar-refractivity contribution in [2.75, 3.05) is 34.8 Å². The summed E-state index contributed by atoms with van der Waals surface area (Å²) in [6, 6.07) is 4.58. The van der Waals surface area contributed by atoms with Crippen LogP contribution in [-0.4, -0.2) is 95.9 Å². The van der Waals surface area contributed by atoms with Crippen molar-refractivity contribution in [2.24, 2.45) is 22.6 Å². The normalized spacial score (nSPS) is 22.0. The van der Waals surface area contributed by atoms with Crippen molar-refractivity contribution in [1.82, 2.24) is 25.1 Å². The van der Waals surface area contributed by atoms with E-state index >= 15 is 0 Å². The molecule has 2 saturated heterocycles. The van der Waals surface area contributed by atoms with Crippen LogP contribution in [-0.2, 0) is 25.7 Å². The first-order chi connectivity index (χ1) is 18.6. The number of nitrogens with two attached hydrogens (primary N) is 3. The first-order valence-electron chi connectivity index (χ1n) is 11.6. The summed E-state index contributed by atoms with van der Waals surface area (Å²) >= 11 is 2.35. The highest BCUT2D eigenvalue weighted by atomic mass is 32.2. The zero-order chi connectivity index (χ0) is 28.3. The van der Waals surface area contributed by atoms with Crippen molar-refractivity contribution in [3.63, 3.8) is 0 Å². The van der Waals surface area contributed by atoms with E-state index in [0.717, 1.165) is 11.8 Å².